The van der Waals surface area contributed by atoms with Gasteiger partial charge in [0.2, 0.25) is 5.75 Å². The summed E-state index contributed by atoms with van der Waals surface area (Å²) < 4.78 is 37.6. The second-order valence-corrected chi connectivity index (χ2v) is 7.71. The smallest absolute Gasteiger partial charge is 0.343 e. The molecule has 11 heteroatoms. The molecule has 1 amide bonds. The number of nitrogens with zero attached hydrogens (tertiary/aromatic N) is 1. The molecule has 0 aliphatic carbocycles. The summed E-state index contributed by atoms with van der Waals surface area (Å²) >= 11 is 0. The van der Waals surface area contributed by atoms with Gasteiger partial charge < -0.3 is 33.2 Å². The number of hydrogen-bond donors (Lipinski definition) is 1. The summed E-state index contributed by atoms with van der Waals surface area (Å²) in [6, 6.07) is 12.6. The molecule has 3 aromatic carbocycles. The van der Waals surface area contributed by atoms with Crippen molar-refractivity contribution < 1.29 is 42.7 Å². The Bertz CT molecular complexity index is 1330. The zero-order chi connectivity index (χ0) is 28.4. The van der Waals surface area contributed by atoms with Crippen LogP contribution in [0.5, 0.6) is 40.2 Å². The van der Waals surface area contributed by atoms with Crippen molar-refractivity contribution in [1.82, 2.24) is 5.43 Å². The Kier molecular flexibility index (Phi) is 9.96. The van der Waals surface area contributed by atoms with Crippen LogP contribution in [0, 0.1) is 0 Å². The summed E-state index contributed by atoms with van der Waals surface area (Å²) in [5.74, 6) is 1.33. The lowest BCUT2D eigenvalue weighted by Gasteiger charge is -2.15. The van der Waals surface area contributed by atoms with E-state index in [1.54, 1.807) is 43.3 Å². The molecule has 0 aliphatic heterocycles. The van der Waals surface area contributed by atoms with Crippen LogP contribution in [0.25, 0.3) is 0 Å². The number of ether oxygens (including phenoxy) is 7. The number of hydrogen-bond acceptors (Lipinski definition) is 10. The molecule has 3 aromatic rings. The number of nitrogens with one attached hydrogen (secondary N) is 1. The molecular formula is C28H30N2O9. The Morgan fingerprint density at radius 1 is 0.718 bits per heavy atom. The number of rotatable bonds is 12. The maximum Gasteiger partial charge on any atom is 0.343 e. The average molecular weight is 539 g/mol. The third-order valence-corrected chi connectivity index (χ3v) is 5.40. The first-order valence-electron chi connectivity index (χ1n) is 11.7. The van der Waals surface area contributed by atoms with Crippen molar-refractivity contribution in [3.63, 3.8) is 0 Å². The molecule has 0 heterocycles. The van der Waals surface area contributed by atoms with Gasteiger partial charge >= 0.3 is 5.97 Å². The number of esters is 1. The molecule has 206 valence electrons. The van der Waals surface area contributed by atoms with Gasteiger partial charge in [0.1, 0.15) is 0 Å². The van der Waals surface area contributed by atoms with Crippen LogP contribution in [-0.2, 0) is 0 Å². The van der Waals surface area contributed by atoms with Crippen molar-refractivity contribution in [1.29, 1.82) is 0 Å². The first-order chi connectivity index (χ1) is 18.9. The van der Waals surface area contributed by atoms with Gasteiger partial charge in [0.05, 0.1) is 53.9 Å². The van der Waals surface area contributed by atoms with Crippen molar-refractivity contribution in [3.05, 3.63) is 65.2 Å². The van der Waals surface area contributed by atoms with Gasteiger partial charge in [0.25, 0.3) is 5.91 Å². The highest BCUT2D eigenvalue weighted by Crippen LogP contribution is 2.39. The Labute approximate surface area is 226 Å². The predicted octanol–water partition coefficient (Wildman–Crippen LogP) is 4.11. The lowest BCUT2D eigenvalue weighted by molar-refractivity contribution is 0.0727. The van der Waals surface area contributed by atoms with Gasteiger partial charge in [-0.15, -0.1) is 0 Å². The fraction of sp³-hybridized carbons (Fsp3) is 0.250. The first-order valence-corrected chi connectivity index (χ1v) is 11.7. The van der Waals surface area contributed by atoms with E-state index in [4.69, 9.17) is 33.2 Å². The van der Waals surface area contributed by atoms with Crippen LogP contribution in [0.3, 0.4) is 0 Å². The van der Waals surface area contributed by atoms with Gasteiger partial charge in [-0.25, -0.2) is 10.2 Å². The normalized spacial score (nSPS) is 10.5. The number of benzene rings is 3. The van der Waals surface area contributed by atoms with Gasteiger partial charge in [-0.2, -0.15) is 5.10 Å². The van der Waals surface area contributed by atoms with Crippen LogP contribution in [0.2, 0.25) is 0 Å². The van der Waals surface area contributed by atoms with Gasteiger partial charge in [-0.05, 0) is 61.0 Å². The van der Waals surface area contributed by atoms with Crippen molar-refractivity contribution in [3.8, 4) is 40.2 Å². The van der Waals surface area contributed by atoms with Crippen LogP contribution >= 0.6 is 0 Å². The third-order valence-electron chi connectivity index (χ3n) is 5.40. The monoisotopic (exact) mass is 538 g/mol. The quantitative estimate of drug-likeness (QED) is 0.157. The number of hydrazone groups is 1. The highest BCUT2D eigenvalue weighted by Gasteiger charge is 2.20. The zero-order valence-corrected chi connectivity index (χ0v) is 22.5. The highest BCUT2D eigenvalue weighted by molar-refractivity contribution is 5.96. The second-order valence-electron chi connectivity index (χ2n) is 7.71. The molecular weight excluding hydrogens is 508 g/mol. The summed E-state index contributed by atoms with van der Waals surface area (Å²) in [5, 5.41) is 4.01. The fourth-order valence-corrected chi connectivity index (χ4v) is 3.52. The summed E-state index contributed by atoms with van der Waals surface area (Å²) in [6.45, 7) is 2.13. The van der Waals surface area contributed by atoms with Crippen molar-refractivity contribution in [2.45, 2.75) is 6.92 Å². The molecule has 0 fully saturated rings. The maximum atomic E-state index is 12.9. The van der Waals surface area contributed by atoms with E-state index in [9.17, 15) is 9.59 Å². The summed E-state index contributed by atoms with van der Waals surface area (Å²) in [5.41, 5.74) is 3.59. The van der Waals surface area contributed by atoms with Gasteiger partial charge in [0.15, 0.2) is 34.5 Å². The molecule has 0 aromatic heterocycles. The largest absolute Gasteiger partial charge is 0.493 e. The van der Waals surface area contributed by atoms with E-state index in [1.807, 2.05) is 0 Å². The average Bonchev–Trinajstić information content (AvgIpc) is 2.96. The minimum Gasteiger partial charge on any atom is -0.493 e. The van der Waals surface area contributed by atoms with Crippen LogP contribution in [0.15, 0.2) is 53.6 Å². The van der Waals surface area contributed by atoms with E-state index in [2.05, 4.69) is 10.5 Å². The third kappa shape index (κ3) is 6.89. The molecule has 0 spiro atoms. The SMILES string of the molecule is CCOc1cc(C=NNC(=O)c2ccc(OC)c(OC)c2)ccc1OC(=O)c1cc(OC)c(OC)c(OC)c1. The van der Waals surface area contributed by atoms with Crippen LogP contribution < -0.4 is 38.6 Å². The van der Waals surface area contributed by atoms with E-state index < -0.39 is 11.9 Å². The Hall–Kier alpha value is -4.93. The first kappa shape index (κ1) is 28.6. The van der Waals surface area contributed by atoms with Crippen LogP contribution in [0.4, 0.5) is 0 Å². The molecule has 3 rings (SSSR count). The Balaban J connectivity index is 1.76. The second kappa shape index (κ2) is 13.6. The standard InChI is InChI=1S/C28H30N2O9/c1-7-38-23-12-17(16-29-30-27(31)18-9-11-20(33-2)22(13-18)34-3)8-10-21(23)39-28(32)19-14-24(35-4)26(37-6)25(15-19)36-5/h8-16H,7H2,1-6H3,(H,30,31). The van der Waals surface area contributed by atoms with E-state index in [-0.39, 0.29) is 11.3 Å². The number of methoxy groups -OCH3 is 5. The van der Waals surface area contributed by atoms with Crippen LogP contribution in [-0.4, -0.2) is 60.2 Å². The van der Waals surface area contributed by atoms with Gasteiger partial charge in [-0.1, -0.05) is 0 Å². The van der Waals surface area contributed by atoms with E-state index in [0.29, 0.717) is 52.2 Å². The lowest BCUT2D eigenvalue weighted by atomic mass is 10.1. The molecule has 11 nitrogen and oxygen atoms in total. The van der Waals surface area contributed by atoms with E-state index in [0.717, 1.165) is 0 Å². The summed E-state index contributed by atoms with van der Waals surface area (Å²) in [7, 11) is 7.38. The highest BCUT2D eigenvalue weighted by atomic mass is 16.6. The van der Waals surface area contributed by atoms with Crippen molar-refractivity contribution in [2.24, 2.45) is 5.10 Å². The molecule has 0 aliphatic rings. The van der Waals surface area contributed by atoms with Gasteiger partial charge in [-0.3, -0.25) is 4.79 Å². The molecule has 0 saturated heterocycles. The topological polar surface area (TPSA) is 123 Å². The molecule has 0 saturated carbocycles. The molecule has 1 N–H and O–H groups in total. The Morgan fingerprint density at radius 3 is 1.92 bits per heavy atom. The minimum absolute atomic E-state index is 0.190. The molecule has 0 atom stereocenters. The van der Waals surface area contributed by atoms with Crippen molar-refractivity contribution in [2.75, 3.05) is 42.2 Å². The van der Waals surface area contributed by atoms with Gasteiger partial charge in [0, 0.05) is 5.56 Å². The van der Waals surface area contributed by atoms with Crippen LogP contribution in [0.1, 0.15) is 33.2 Å². The predicted molar refractivity (Wildman–Crippen MR) is 143 cm³/mol. The molecule has 0 unspecified atom stereocenters. The molecule has 0 bridgehead atoms. The Morgan fingerprint density at radius 2 is 1.33 bits per heavy atom. The number of carbonyl (C=O) groups excluding carboxylic acids is 2. The lowest BCUT2D eigenvalue weighted by Crippen LogP contribution is -2.17. The summed E-state index contributed by atoms with van der Waals surface area (Å²) in [6.07, 6.45) is 1.44. The van der Waals surface area contributed by atoms with E-state index in [1.165, 1.54) is 53.9 Å². The zero-order valence-electron chi connectivity index (χ0n) is 22.5. The fourth-order valence-electron chi connectivity index (χ4n) is 3.52. The minimum atomic E-state index is -0.654. The van der Waals surface area contributed by atoms with Crippen molar-refractivity contribution >= 4 is 18.1 Å². The molecule has 39 heavy (non-hydrogen) atoms. The van der Waals surface area contributed by atoms with E-state index >= 15 is 0 Å². The maximum absolute atomic E-state index is 12.9. The molecule has 0 radical (unpaired) electrons. The number of amides is 1. The number of carbonyl (C=O) groups is 2. The summed E-state index contributed by atoms with van der Waals surface area (Å²) in [4.78, 5) is 25.4.